The summed E-state index contributed by atoms with van der Waals surface area (Å²) < 4.78 is 11.9. The summed E-state index contributed by atoms with van der Waals surface area (Å²) in [5.74, 6) is 1.08. The summed E-state index contributed by atoms with van der Waals surface area (Å²) in [4.78, 5) is 0. The molecule has 2 atom stereocenters. The van der Waals surface area contributed by atoms with Crippen LogP contribution in [0.4, 0.5) is 0 Å². The predicted octanol–water partition coefficient (Wildman–Crippen LogP) is 3.50. The summed E-state index contributed by atoms with van der Waals surface area (Å²) >= 11 is 0. The van der Waals surface area contributed by atoms with Crippen molar-refractivity contribution in [1.82, 2.24) is 5.32 Å². The van der Waals surface area contributed by atoms with Crippen LogP contribution in [0.25, 0.3) is 0 Å². The lowest BCUT2D eigenvalue weighted by atomic mass is 9.83. The monoisotopic (exact) mass is 269 g/mol. The Morgan fingerprint density at radius 3 is 2.58 bits per heavy atom. The number of hydrogen-bond acceptors (Lipinski definition) is 3. The lowest BCUT2D eigenvalue weighted by Crippen LogP contribution is -2.50. The second-order valence-corrected chi connectivity index (χ2v) is 6.27. The third-order valence-corrected chi connectivity index (χ3v) is 3.39. The van der Waals surface area contributed by atoms with Crippen LogP contribution in [0.3, 0.4) is 0 Å². The zero-order chi connectivity index (χ0) is 14.3. The van der Waals surface area contributed by atoms with Crippen molar-refractivity contribution in [3.05, 3.63) is 11.8 Å². The fraction of sp³-hybridized carbons (Fsp3) is 0.875. The van der Waals surface area contributed by atoms with E-state index in [1.54, 1.807) is 0 Å². The average molecular weight is 269 g/mol. The van der Waals surface area contributed by atoms with Crippen LogP contribution in [0.1, 0.15) is 53.9 Å². The molecule has 0 aromatic heterocycles. The molecular weight excluding hydrogens is 238 g/mol. The van der Waals surface area contributed by atoms with Crippen LogP contribution in [0.5, 0.6) is 0 Å². The summed E-state index contributed by atoms with van der Waals surface area (Å²) in [6.45, 7) is 13.5. The number of ether oxygens (including phenoxy) is 2. The summed E-state index contributed by atoms with van der Waals surface area (Å²) in [5.41, 5.74) is 0.0864. The van der Waals surface area contributed by atoms with Crippen molar-refractivity contribution in [1.29, 1.82) is 0 Å². The zero-order valence-electron chi connectivity index (χ0n) is 13.3. The molecule has 0 saturated heterocycles. The van der Waals surface area contributed by atoms with Crippen LogP contribution in [0, 0.1) is 5.41 Å². The highest BCUT2D eigenvalue weighted by atomic mass is 16.5. The van der Waals surface area contributed by atoms with Crippen molar-refractivity contribution in [3.63, 3.8) is 0 Å². The first-order chi connectivity index (χ1) is 9.00. The van der Waals surface area contributed by atoms with Gasteiger partial charge < -0.3 is 14.8 Å². The molecule has 2 unspecified atom stereocenters. The van der Waals surface area contributed by atoms with Crippen molar-refractivity contribution in [2.24, 2.45) is 5.41 Å². The van der Waals surface area contributed by atoms with Crippen LogP contribution in [0.15, 0.2) is 11.8 Å². The first-order valence-electron chi connectivity index (χ1n) is 7.68. The minimum atomic E-state index is 0.0864. The Bertz CT molecular complexity index is 281. The van der Waals surface area contributed by atoms with E-state index in [1.165, 1.54) is 0 Å². The van der Waals surface area contributed by atoms with Gasteiger partial charge >= 0.3 is 0 Å². The van der Waals surface area contributed by atoms with Gasteiger partial charge in [-0.05, 0) is 44.2 Å². The Labute approximate surface area is 118 Å². The zero-order valence-corrected chi connectivity index (χ0v) is 13.3. The Hall–Kier alpha value is -0.540. The van der Waals surface area contributed by atoms with Crippen molar-refractivity contribution < 1.29 is 9.47 Å². The van der Waals surface area contributed by atoms with E-state index in [0.29, 0.717) is 0 Å². The fourth-order valence-corrected chi connectivity index (χ4v) is 2.48. The highest BCUT2D eigenvalue weighted by Gasteiger charge is 2.36. The summed E-state index contributed by atoms with van der Waals surface area (Å²) in [7, 11) is 0. The van der Waals surface area contributed by atoms with Gasteiger partial charge in [-0.3, -0.25) is 0 Å². The third kappa shape index (κ3) is 5.15. The number of nitrogens with one attached hydrogen (secondary N) is 1. The first kappa shape index (κ1) is 16.5. The molecule has 0 saturated carbocycles. The molecule has 0 bridgehead atoms. The third-order valence-electron chi connectivity index (χ3n) is 3.39. The second kappa shape index (κ2) is 7.91. The van der Waals surface area contributed by atoms with E-state index in [4.69, 9.17) is 9.47 Å². The SMILES string of the molecule is CCCNC(C1=CCCCO1)C(OCC)C(C)(C)C. The van der Waals surface area contributed by atoms with E-state index in [2.05, 4.69) is 46.0 Å². The number of hydrogen-bond donors (Lipinski definition) is 1. The molecule has 0 aromatic rings. The topological polar surface area (TPSA) is 30.5 Å². The van der Waals surface area contributed by atoms with Gasteiger partial charge in [0.15, 0.2) is 0 Å². The van der Waals surface area contributed by atoms with Gasteiger partial charge in [-0.2, -0.15) is 0 Å². The van der Waals surface area contributed by atoms with Crippen LogP contribution in [-0.2, 0) is 9.47 Å². The lowest BCUT2D eigenvalue weighted by Gasteiger charge is -2.38. The van der Waals surface area contributed by atoms with Crippen LogP contribution >= 0.6 is 0 Å². The molecule has 0 amide bonds. The molecule has 1 N–H and O–H groups in total. The molecule has 0 spiro atoms. The first-order valence-corrected chi connectivity index (χ1v) is 7.68. The molecule has 112 valence electrons. The van der Waals surface area contributed by atoms with Gasteiger partial charge in [0.1, 0.15) is 5.76 Å². The standard InChI is InChI=1S/C16H31NO2/c1-6-11-17-14(13-10-8-9-12-19-13)15(18-7-2)16(3,4)5/h10,14-15,17H,6-9,11-12H2,1-5H3. The van der Waals surface area contributed by atoms with Gasteiger partial charge in [-0.15, -0.1) is 0 Å². The molecule has 0 radical (unpaired) electrons. The Kier molecular flexibility index (Phi) is 6.87. The van der Waals surface area contributed by atoms with E-state index in [1.807, 2.05) is 0 Å². The van der Waals surface area contributed by atoms with Gasteiger partial charge in [-0.1, -0.05) is 27.7 Å². The van der Waals surface area contributed by atoms with Crippen molar-refractivity contribution >= 4 is 0 Å². The van der Waals surface area contributed by atoms with Crippen LogP contribution in [-0.4, -0.2) is 31.9 Å². The van der Waals surface area contributed by atoms with E-state index in [0.717, 1.165) is 44.8 Å². The minimum absolute atomic E-state index is 0.0864. The molecule has 19 heavy (non-hydrogen) atoms. The van der Waals surface area contributed by atoms with Gasteiger partial charge in [0.05, 0.1) is 18.8 Å². The van der Waals surface area contributed by atoms with Crippen LogP contribution < -0.4 is 5.32 Å². The lowest BCUT2D eigenvalue weighted by molar-refractivity contribution is -0.0406. The van der Waals surface area contributed by atoms with Crippen molar-refractivity contribution in [3.8, 4) is 0 Å². The van der Waals surface area contributed by atoms with Crippen molar-refractivity contribution in [2.75, 3.05) is 19.8 Å². The minimum Gasteiger partial charge on any atom is -0.496 e. The fourth-order valence-electron chi connectivity index (χ4n) is 2.48. The average Bonchev–Trinajstić information content (AvgIpc) is 2.38. The normalized spacial score (nSPS) is 19.5. The van der Waals surface area contributed by atoms with Gasteiger partial charge in [-0.25, -0.2) is 0 Å². The maximum atomic E-state index is 6.04. The van der Waals surface area contributed by atoms with E-state index < -0.39 is 0 Å². The molecule has 0 aliphatic carbocycles. The van der Waals surface area contributed by atoms with Crippen LogP contribution in [0.2, 0.25) is 0 Å². The second-order valence-electron chi connectivity index (χ2n) is 6.27. The van der Waals surface area contributed by atoms with E-state index in [-0.39, 0.29) is 17.6 Å². The van der Waals surface area contributed by atoms with E-state index >= 15 is 0 Å². The summed E-state index contributed by atoms with van der Waals surface area (Å²) in [6, 6.07) is 0.167. The molecule has 3 heteroatoms. The molecule has 1 aliphatic heterocycles. The maximum absolute atomic E-state index is 6.04. The Balaban J connectivity index is 2.88. The molecule has 0 aromatic carbocycles. The quantitative estimate of drug-likeness (QED) is 0.767. The number of rotatable bonds is 7. The Morgan fingerprint density at radius 1 is 1.37 bits per heavy atom. The largest absolute Gasteiger partial charge is 0.496 e. The van der Waals surface area contributed by atoms with E-state index in [9.17, 15) is 0 Å². The molecule has 1 rings (SSSR count). The maximum Gasteiger partial charge on any atom is 0.112 e. The molecule has 0 fully saturated rings. The Morgan fingerprint density at radius 2 is 2.11 bits per heavy atom. The summed E-state index contributed by atoms with van der Waals surface area (Å²) in [5, 5.41) is 3.61. The highest BCUT2D eigenvalue weighted by Crippen LogP contribution is 2.29. The van der Waals surface area contributed by atoms with Crippen molar-refractivity contribution in [2.45, 2.75) is 66.0 Å². The van der Waals surface area contributed by atoms with Gasteiger partial charge in [0.2, 0.25) is 0 Å². The smallest absolute Gasteiger partial charge is 0.112 e. The molecular formula is C16H31NO2. The predicted molar refractivity (Wildman–Crippen MR) is 80.2 cm³/mol. The number of allylic oxidation sites excluding steroid dienone is 1. The molecule has 1 aliphatic rings. The molecule has 3 nitrogen and oxygen atoms in total. The molecule has 1 heterocycles. The van der Waals surface area contributed by atoms with Gasteiger partial charge in [0, 0.05) is 6.61 Å². The summed E-state index contributed by atoms with van der Waals surface area (Å²) in [6.07, 6.45) is 5.72. The van der Waals surface area contributed by atoms with Gasteiger partial charge in [0.25, 0.3) is 0 Å². The highest BCUT2D eigenvalue weighted by molar-refractivity contribution is 5.10.